The van der Waals surface area contributed by atoms with Crippen molar-refractivity contribution in [2.45, 2.75) is 38.4 Å². The Labute approximate surface area is 163 Å². The second-order valence-corrected chi connectivity index (χ2v) is 7.06. The van der Waals surface area contributed by atoms with Gasteiger partial charge in [-0.25, -0.2) is 4.39 Å². The quantitative estimate of drug-likeness (QED) is 0.287. The van der Waals surface area contributed by atoms with E-state index in [1.807, 2.05) is 0 Å². The molecule has 0 bridgehead atoms. The zero-order chi connectivity index (χ0) is 21.2. The fourth-order valence-corrected chi connectivity index (χ4v) is 2.82. The Balaban J connectivity index is 2.41. The van der Waals surface area contributed by atoms with E-state index < -0.39 is 35.0 Å². The summed E-state index contributed by atoms with van der Waals surface area (Å²) in [5.41, 5.74) is -1.22. The molecule has 0 radical (unpaired) electrons. The van der Waals surface area contributed by atoms with Crippen LogP contribution in [0.1, 0.15) is 42.9 Å². The summed E-state index contributed by atoms with van der Waals surface area (Å²) >= 11 is 0.747. The molecule has 1 aromatic heterocycles. The average molecular weight is 417 g/mol. The Morgan fingerprint density at radius 2 is 1.96 bits per heavy atom. The fraction of sp³-hybridized carbons (Fsp3) is 0.353. The minimum absolute atomic E-state index is 0.0440. The molecule has 1 unspecified atom stereocenters. The fourth-order valence-electron chi connectivity index (χ4n) is 2.44. The van der Waals surface area contributed by atoms with Gasteiger partial charge in [-0.2, -0.15) is 18.3 Å². The maximum Gasteiger partial charge on any atom is 0.435 e. The van der Waals surface area contributed by atoms with Gasteiger partial charge >= 0.3 is 6.18 Å². The number of nitrogens with zero attached hydrogens (tertiary/aromatic N) is 2. The number of nitrogens with two attached hydrogens (primary N) is 1. The number of rotatable bonds is 6. The Bertz CT molecular complexity index is 894. The summed E-state index contributed by atoms with van der Waals surface area (Å²) in [4.78, 5) is 12.2. The molecule has 0 fully saturated rings. The summed E-state index contributed by atoms with van der Waals surface area (Å²) < 4.78 is 54.7. The maximum atomic E-state index is 14.6. The van der Waals surface area contributed by atoms with Crippen LogP contribution in [0.3, 0.4) is 0 Å². The molecule has 0 spiro atoms. The molecule has 4 N–H and O–H groups in total. The number of amides is 1. The number of alkyl halides is 3. The second kappa shape index (κ2) is 8.31. The molecule has 1 aromatic carbocycles. The minimum atomic E-state index is -4.66. The topological polar surface area (TPSA) is 96.8 Å². The molecular formula is C17H19F4N5OS. The molecule has 2 rings (SSSR count). The standard InChI is InChI=1S/C17H19F4N5OS/c1-8(2)26-13(7-14(25-26)17(19,20)21)11-5-4-10(6-12(11)18)15(27)24-16(28-23)9(3)22/h4-8,16,22H,23H2,1-3H3,(H,24,27). The van der Waals surface area contributed by atoms with Crippen LogP contribution in [-0.2, 0) is 6.18 Å². The first-order valence-electron chi connectivity index (χ1n) is 8.13. The van der Waals surface area contributed by atoms with E-state index in [2.05, 4.69) is 10.4 Å². The van der Waals surface area contributed by atoms with E-state index >= 15 is 0 Å². The molecule has 0 aliphatic heterocycles. The number of carbonyl (C=O) groups is 1. The van der Waals surface area contributed by atoms with Crippen molar-refractivity contribution in [3.8, 4) is 11.3 Å². The zero-order valence-corrected chi connectivity index (χ0v) is 16.1. The van der Waals surface area contributed by atoms with Crippen molar-refractivity contribution in [3.05, 3.63) is 41.3 Å². The summed E-state index contributed by atoms with van der Waals surface area (Å²) in [6.07, 6.45) is -4.66. The number of halogens is 4. The lowest BCUT2D eigenvalue weighted by Crippen LogP contribution is -2.38. The third kappa shape index (κ3) is 4.71. The minimum Gasteiger partial charge on any atom is -0.334 e. The van der Waals surface area contributed by atoms with Crippen molar-refractivity contribution in [1.29, 1.82) is 5.41 Å². The third-order valence-corrected chi connectivity index (χ3v) is 4.56. The van der Waals surface area contributed by atoms with Crippen molar-refractivity contribution in [3.63, 3.8) is 0 Å². The van der Waals surface area contributed by atoms with Crippen LogP contribution in [0.4, 0.5) is 17.6 Å². The van der Waals surface area contributed by atoms with Crippen LogP contribution >= 0.6 is 11.9 Å². The van der Waals surface area contributed by atoms with Gasteiger partial charge in [0, 0.05) is 22.9 Å². The van der Waals surface area contributed by atoms with Gasteiger partial charge in [-0.1, -0.05) is 11.9 Å². The van der Waals surface area contributed by atoms with Crippen LogP contribution in [0.2, 0.25) is 0 Å². The van der Waals surface area contributed by atoms with Crippen molar-refractivity contribution in [2.24, 2.45) is 5.14 Å². The maximum absolute atomic E-state index is 14.6. The molecule has 1 atom stereocenters. The predicted molar refractivity (Wildman–Crippen MR) is 99.4 cm³/mol. The molecule has 0 aliphatic rings. The highest BCUT2D eigenvalue weighted by atomic mass is 32.2. The lowest BCUT2D eigenvalue weighted by Gasteiger charge is -2.15. The SMILES string of the molecule is CC(=N)C(NC(=O)c1ccc(-c2cc(C(F)(F)F)nn2C(C)C)c(F)c1)SN. The first kappa shape index (κ1) is 21.9. The Morgan fingerprint density at radius 1 is 1.32 bits per heavy atom. The molecule has 2 aromatic rings. The molecular weight excluding hydrogens is 398 g/mol. The highest BCUT2D eigenvalue weighted by molar-refractivity contribution is 7.98. The summed E-state index contributed by atoms with van der Waals surface area (Å²) in [7, 11) is 0. The third-order valence-electron chi connectivity index (χ3n) is 3.81. The number of hydrogen-bond donors (Lipinski definition) is 3. The van der Waals surface area contributed by atoms with Crippen molar-refractivity contribution in [2.75, 3.05) is 0 Å². The second-order valence-electron chi connectivity index (χ2n) is 6.32. The van der Waals surface area contributed by atoms with Gasteiger partial charge in [0.25, 0.3) is 5.91 Å². The van der Waals surface area contributed by atoms with Crippen LogP contribution in [0.25, 0.3) is 11.3 Å². The predicted octanol–water partition coefficient (Wildman–Crippen LogP) is 3.99. The van der Waals surface area contributed by atoms with Gasteiger partial charge in [0.2, 0.25) is 0 Å². The molecule has 1 amide bonds. The summed E-state index contributed by atoms with van der Waals surface area (Å²) in [5.74, 6) is -1.53. The summed E-state index contributed by atoms with van der Waals surface area (Å²) in [5, 5.41) is 18.1. The van der Waals surface area contributed by atoms with Crippen LogP contribution in [0.5, 0.6) is 0 Å². The van der Waals surface area contributed by atoms with E-state index in [0.717, 1.165) is 28.8 Å². The van der Waals surface area contributed by atoms with E-state index in [9.17, 15) is 22.4 Å². The van der Waals surface area contributed by atoms with E-state index in [4.69, 9.17) is 10.5 Å². The molecule has 0 saturated carbocycles. The first-order chi connectivity index (χ1) is 13.0. The largest absolute Gasteiger partial charge is 0.435 e. The molecule has 1 heterocycles. The monoisotopic (exact) mass is 417 g/mol. The lowest BCUT2D eigenvalue weighted by molar-refractivity contribution is -0.141. The van der Waals surface area contributed by atoms with Gasteiger partial charge in [0.05, 0.1) is 5.69 Å². The number of benzene rings is 1. The van der Waals surface area contributed by atoms with Gasteiger partial charge in [-0.3, -0.25) is 14.6 Å². The van der Waals surface area contributed by atoms with Gasteiger partial charge in [0.1, 0.15) is 11.2 Å². The van der Waals surface area contributed by atoms with Crippen molar-refractivity contribution in [1.82, 2.24) is 15.1 Å². The van der Waals surface area contributed by atoms with Crippen LogP contribution in [0.15, 0.2) is 24.3 Å². The highest BCUT2D eigenvalue weighted by Crippen LogP contribution is 2.34. The van der Waals surface area contributed by atoms with E-state index in [0.29, 0.717) is 0 Å². The number of carbonyl (C=O) groups excluding carboxylic acids is 1. The van der Waals surface area contributed by atoms with E-state index in [1.54, 1.807) is 13.8 Å². The van der Waals surface area contributed by atoms with Crippen molar-refractivity contribution >= 4 is 23.6 Å². The number of aromatic nitrogens is 2. The smallest absolute Gasteiger partial charge is 0.334 e. The summed E-state index contributed by atoms with van der Waals surface area (Å²) in [6.45, 7) is 4.71. The van der Waals surface area contributed by atoms with Gasteiger partial charge < -0.3 is 10.7 Å². The number of hydrogen-bond acceptors (Lipinski definition) is 5. The molecule has 6 nitrogen and oxygen atoms in total. The Hall–Kier alpha value is -2.40. The molecule has 0 aliphatic carbocycles. The van der Waals surface area contributed by atoms with Gasteiger partial charge in [-0.05, 0) is 45.0 Å². The molecule has 11 heteroatoms. The van der Waals surface area contributed by atoms with Crippen LogP contribution in [0, 0.1) is 11.2 Å². The van der Waals surface area contributed by atoms with Crippen LogP contribution in [-0.4, -0.2) is 26.8 Å². The van der Waals surface area contributed by atoms with Gasteiger partial charge in [0.15, 0.2) is 5.69 Å². The van der Waals surface area contributed by atoms with E-state index in [1.165, 1.54) is 19.1 Å². The highest BCUT2D eigenvalue weighted by Gasteiger charge is 2.35. The molecule has 28 heavy (non-hydrogen) atoms. The van der Waals surface area contributed by atoms with Gasteiger partial charge in [-0.15, -0.1) is 0 Å². The Morgan fingerprint density at radius 3 is 2.43 bits per heavy atom. The van der Waals surface area contributed by atoms with E-state index in [-0.39, 0.29) is 22.5 Å². The average Bonchev–Trinajstić information content (AvgIpc) is 3.04. The zero-order valence-electron chi connectivity index (χ0n) is 15.3. The first-order valence-corrected chi connectivity index (χ1v) is 9.08. The normalized spacial score (nSPS) is 12.9. The van der Waals surface area contributed by atoms with Crippen molar-refractivity contribution < 1.29 is 22.4 Å². The number of nitrogens with one attached hydrogen (secondary N) is 2. The van der Waals surface area contributed by atoms with Crippen LogP contribution < -0.4 is 10.5 Å². The lowest BCUT2D eigenvalue weighted by atomic mass is 10.1. The molecule has 0 saturated heterocycles. The molecule has 152 valence electrons. The Kier molecular flexibility index (Phi) is 6.50. The summed E-state index contributed by atoms with van der Waals surface area (Å²) in [6, 6.07) is 3.77.